The highest BCUT2D eigenvalue weighted by Gasteiger charge is 2.56. The molecule has 1 aliphatic carbocycles. The molecule has 0 bridgehead atoms. The number of fused-ring (bicyclic) bond motifs is 1. The van der Waals surface area contributed by atoms with Crippen LogP contribution in [0.25, 0.3) is 4.85 Å². The van der Waals surface area contributed by atoms with Crippen LogP contribution in [-0.2, 0) is 22.4 Å². The average Bonchev–Trinajstić information content (AvgIpc) is 2.71. The van der Waals surface area contributed by atoms with E-state index in [9.17, 15) is 9.18 Å². The van der Waals surface area contributed by atoms with Crippen LogP contribution in [-0.4, -0.2) is 18.1 Å². The molecule has 0 fully saturated rings. The number of rotatable bonds is 2. The Balaban J connectivity index is 2.37. The van der Waals surface area contributed by atoms with Gasteiger partial charge in [0.2, 0.25) is 0 Å². The molecule has 4 heteroatoms. The molecule has 88 valence electrons. The van der Waals surface area contributed by atoms with E-state index < -0.39 is 11.5 Å². The second-order valence-electron chi connectivity index (χ2n) is 4.11. The van der Waals surface area contributed by atoms with Crippen molar-refractivity contribution in [1.29, 1.82) is 0 Å². The van der Waals surface area contributed by atoms with Crippen LogP contribution in [0.4, 0.5) is 4.39 Å². The first kappa shape index (κ1) is 11.6. The van der Waals surface area contributed by atoms with Crippen molar-refractivity contribution in [2.75, 3.05) is 6.61 Å². The summed E-state index contributed by atoms with van der Waals surface area (Å²) in [6.07, 6.45) is 0.472. The third-order valence-electron chi connectivity index (χ3n) is 3.07. The van der Waals surface area contributed by atoms with Crippen molar-refractivity contribution in [3.05, 3.63) is 40.0 Å². The summed E-state index contributed by atoms with van der Waals surface area (Å²) in [5.41, 5.74) is 0.127. The lowest BCUT2D eigenvalue weighted by molar-refractivity contribution is -0.147. The van der Waals surface area contributed by atoms with Crippen molar-refractivity contribution in [3.8, 4) is 6.57 Å². The first-order valence-corrected chi connectivity index (χ1v) is 5.48. The fourth-order valence-electron chi connectivity index (χ4n) is 2.19. The zero-order chi connectivity index (χ0) is 12.5. The Hall–Kier alpha value is -1.89. The molecule has 2 rings (SSSR count). The van der Waals surface area contributed by atoms with Gasteiger partial charge in [0.25, 0.3) is 6.57 Å². The lowest BCUT2D eigenvalue weighted by Crippen LogP contribution is -2.37. The zero-order valence-electron chi connectivity index (χ0n) is 9.57. The van der Waals surface area contributed by atoms with Crippen LogP contribution in [0.3, 0.4) is 0 Å². The summed E-state index contributed by atoms with van der Waals surface area (Å²) >= 11 is 0. The van der Waals surface area contributed by atoms with Gasteiger partial charge in [-0.05, 0) is 18.6 Å². The second kappa shape index (κ2) is 4.17. The van der Waals surface area contributed by atoms with Gasteiger partial charge in [0.15, 0.2) is 0 Å². The third kappa shape index (κ3) is 1.78. The fraction of sp³-hybridized carbons (Fsp3) is 0.385. The van der Waals surface area contributed by atoms with Crippen molar-refractivity contribution in [2.24, 2.45) is 0 Å². The van der Waals surface area contributed by atoms with Gasteiger partial charge in [-0.15, -0.1) is 0 Å². The molecule has 1 aromatic carbocycles. The summed E-state index contributed by atoms with van der Waals surface area (Å²) < 4.78 is 18.5. The molecular formula is C13H13FNO2+. The van der Waals surface area contributed by atoms with Crippen LogP contribution in [0.1, 0.15) is 18.1 Å². The second-order valence-corrected chi connectivity index (χ2v) is 4.11. The van der Waals surface area contributed by atoms with Gasteiger partial charge in [-0.2, -0.15) is 0 Å². The molecule has 0 saturated carbocycles. The van der Waals surface area contributed by atoms with Gasteiger partial charge in [0, 0.05) is 5.56 Å². The monoisotopic (exact) mass is 234 g/mol. The molecule has 0 spiro atoms. The first-order chi connectivity index (χ1) is 8.13. The van der Waals surface area contributed by atoms with Gasteiger partial charge in [-0.3, -0.25) is 0 Å². The molecule has 0 amide bonds. The highest BCUT2D eigenvalue weighted by Crippen LogP contribution is 2.35. The molecule has 0 aromatic heterocycles. The van der Waals surface area contributed by atoms with Gasteiger partial charge in [0.05, 0.1) is 19.4 Å². The topological polar surface area (TPSA) is 30.7 Å². The van der Waals surface area contributed by atoms with Crippen LogP contribution in [0.5, 0.6) is 0 Å². The lowest BCUT2D eigenvalue weighted by Gasteiger charge is -2.09. The summed E-state index contributed by atoms with van der Waals surface area (Å²) in [7, 11) is 0. The molecule has 0 saturated heterocycles. The van der Waals surface area contributed by atoms with E-state index in [1.165, 1.54) is 6.07 Å². The number of benzene rings is 1. The molecule has 1 aromatic rings. The largest absolute Gasteiger partial charge is 0.460 e. The number of hydrogen-bond acceptors (Lipinski definition) is 2. The Kier molecular flexibility index (Phi) is 2.84. The van der Waals surface area contributed by atoms with Crippen LogP contribution >= 0.6 is 0 Å². The van der Waals surface area contributed by atoms with Crippen molar-refractivity contribution >= 4 is 5.97 Å². The summed E-state index contributed by atoms with van der Waals surface area (Å²) in [6, 6.07) is 4.77. The zero-order valence-corrected chi connectivity index (χ0v) is 9.57. The van der Waals surface area contributed by atoms with Gasteiger partial charge < -0.3 is 4.74 Å². The molecule has 0 radical (unpaired) electrons. The van der Waals surface area contributed by atoms with E-state index in [0.29, 0.717) is 12.0 Å². The summed E-state index contributed by atoms with van der Waals surface area (Å²) in [4.78, 5) is 15.5. The maximum absolute atomic E-state index is 13.6. The van der Waals surface area contributed by atoms with E-state index in [2.05, 4.69) is 4.85 Å². The number of esters is 1. The van der Waals surface area contributed by atoms with Gasteiger partial charge >= 0.3 is 11.5 Å². The van der Waals surface area contributed by atoms with E-state index in [-0.39, 0.29) is 18.8 Å². The van der Waals surface area contributed by atoms with Crippen molar-refractivity contribution < 1.29 is 13.9 Å². The van der Waals surface area contributed by atoms with E-state index >= 15 is 0 Å². The number of carbonyl (C=O) groups is 1. The molecule has 0 aliphatic heterocycles. The molecular weight excluding hydrogens is 221 g/mol. The number of halogens is 1. The lowest BCUT2D eigenvalue weighted by atomic mass is 9.97. The number of nitrogens with zero attached hydrogens (tertiary/aromatic N) is 1. The third-order valence-corrected chi connectivity index (χ3v) is 3.07. The highest BCUT2D eigenvalue weighted by molar-refractivity contribution is 5.85. The summed E-state index contributed by atoms with van der Waals surface area (Å²) in [6.45, 7) is 7.30. The summed E-state index contributed by atoms with van der Waals surface area (Å²) in [5, 5.41) is 0. The number of hydrogen-bond donors (Lipinski definition) is 0. The summed E-state index contributed by atoms with van der Waals surface area (Å²) in [5.74, 6) is -0.810. The molecule has 1 unspecified atom stereocenters. The Labute approximate surface area is 99.0 Å². The molecule has 17 heavy (non-hydrogen) atoms. The molecule has 1 aliphatic rings. The average molecular weight is 234 g/mol. The van der Waals surface area contributed by atoms with E-state index in [1.54, 1.807) is 19.1 Å². The minimum Gasteiger partial charge on any atom is -0.460 e. The molecule has 3 nitrogen and oxygen atoms in total. The number of ether oxygens (including phenoxy) is 1. The quantitative estimate of drug-likeness (QED) is 0.734. The first-order valence-electron chi connectivity index (χ1n) is 5.48. The predicted octanol–water partition coefficient (Wildman–Crippen LogP) is 2.19. The highest BCUT2D eigenvalue weighted by atomic mass is 19.1. The van der Waals surface area contributed by atoms with Crippen LogP contribution < -0.4 is 0 Å². The maximum Gasteiger partial charge on any atom is 0.398 e. The van der Waals surface area contributed by atoms with Crippen molar-refractivity contribution in [3.63, 3.8) is 0 Å². The van der Waals surface area contributed by atoms with Gasteiger partial charge in [-0.25, -0.2) is 9.18 Å². The van der Waals surface area contributed by atoms with Crippen molar-refractivity contribution in [1.82, 2.24) is 0 Å². The van der Waals surface area contributed by atoms with Crippen LogP contribution in [0.15, 0.2) is 18.2 Å². The fourth-order valence-corrected chi connectivity index (χ4v) is 2.19. The van der Waals surface area contributed by atoms with Crippen LogP contribution in [0, 0.1) is 12.4 Å². The van der Waals surface area contributed by atoms with E-state index in [0.717, 1.165) is 5.56 Å². The standard InChI is InChI=1S/C13H13FNO2/c1-3-17-12(16)13(15-2)7-9-5-4-6-11(14)10(9)8-13/h2,4-6H,3,7-8H2,1H3/q+1. The molecule has 0 heterocycles. The maximum atomic E-state index is 13.6. The Morgan fingerprint density at radius 3 is 2.94 bits per heavy atom. The Morgan fingerprint density at radius 2 is 2.35 bits per heavy atom. The molecule has 1 atom stereocenters. The minimum absolute atomic E-state index is 0.171. The smallest absolute Gasteiger partial charge is 0.398 e. The normalized spacial score (nSPS) is 21.7. The van der Waals surface area contributed by atoms with Gasteiger partial charge in [0.1, 0.15) is 5.82 Å². The molecule has 0 N–H and O–H groups in total. The Morgan fingerprint density at radius 1 is 1.59 bits per heavy atom. The minimum atomic E-state index is -1.15. The van der Waals surface area contributed by atoms with E-state index in [1.807, 2.05) is 0 Å². The Bertz CT molecular complexity index is 507. The SMILES string of the molecule is C#[N+]C1(C(=O)OCC)Cc2cccc(F)c2C1. The number of carbonyl (C=O) groups excluding carboxylic acids is 1. The van der Waals surface area contributed by atoms with Gasteiger partial charge in [-0.1, -0.05) is 17.0 Å². The van der Waals surface area contributed by atoms with Crippen LogP contribution in [0.2, 0.25) is 0 Å². The van der Waals surface area contributed by atoms with E-state index in [4.69, 9.17) is 11.3 Å². The predicted molar refractivity (Wildman–Crippen MR) is 61.5 cm³/mol. The van der Waals surface area contributed by atoms with Crippen molar-refractivity contribution in [2.45, 2.75) is 25.3 Å².